The van der Waals surface area contributed by atoms with E-state index in [9.17, 15) is 9.59 Å². The van der Waals surface area contributed by atoms with Crippen molar-refractivity contribution in [1.82, 2.24) is 10.6 Å². The number of unbranched alkanes of at least 4 members (excludes halogenated alkanes) is 1. The van der Waals surface area contributed by atoms with Gasteiger partial charge in [-0.3, -0.25) is 9.69 Å². The zero-order valence-corrected chi connectivity index (χ0v) is 15.3. The Hall–Kier alpha value is -2.04. The number of para-hydroxylation sites is 1. The zero-order valence-electron chi connectivity index (χ0n) is 15.3. The zero-order chi connectivity index (χ0) is 17.9. The summed E-state index contributed by atoms with van der Waals surface area (Å²) in [6.45, 7) is 9.29. The maximum Gasteiger partial charge on any atom is 0.322 e. The monoisotopic (exact) mass is 333 g/mol. The van der Waals surface area contributed by atoms with E-state index in [1.165, 1.54) is 0 Å². The van der Waals surface area contributed by atoms with Gasteiger partial charge in [0.2, 0.25) is 5.91 Å². The van der Waals surface area contributed by atoms with Crippen LogP contribution in [0.4, 0.5) is 10.5 Å². The highest BCUT2D eigenvalue weighted by Gasteiger charge is 2.24. The minimum Gasteiger partial charge on any atom is -0.354 e. The van der Waals surface area contributed by atoms with Gasteiger partial charge in [-0.05, 0) is 37.8 Å². The van der Waals surface area contributed by atoms with Gasteiger partial charge in [-0.2, -0.15) is 0 Å². The second-order valence-electron chi connectivity index (χ2n) is 6.36. The minimum absolute atomic E-state index is 0.102. The number of urea groups is 1. The first kappa shape index (κ1) is 20.0. The highest BCUT2D eigenvalue weighted by atomic mass is 16.2. The largest absolute Gasteiger partial charge is 0.354 e. The van der Waals surface area contributed by atoms with E-state index in [0.717, 1.165) is 18.5 Å². The molecule has 0 saturated heterocycles. The first-order valence-corrected chi connectivity index (χ1v) is 8.90. The summed E-state index contributed by atoms with van der Waals surface area (Å²) < 4.78 is 0. The van der Waals surface area contributed by atoms with Crippen LogP contribution in [0.25, 0.3) is 0 Å². The summed E-state index contributed by atoms with van der Waals surface area (Å²) in [7, 11) is 0. The number of benzene rings is 1. The third-order valence-corrected chi connectivity index (χ3v) is 3.78. The minimum atomic E-state index is -0.507. The lowest BCUT2D eigenvalue weighted by Gasteiger charge is -2.26. The molecule has 134 valence electrons. The number of hydrogen-bond donors (Lipinski definition) is 2. The maximum atomic E-state index is 12.6. The van der Waals surface area contributed by atoms with Gasteiger partial charge in [-0.1, -0.05) is 45.4 Å². The number of carbonyl (C=O) groups is 2. The van der Waals surface area contributed by atoms with E-state index in [1.54, 1.807) is 4.90 Å². The van der Waals surface area contributed by atoms with E-state index < -0.39 is 6.04 Å². The average Bonchev–Trinajstić information content (AvgIpc) is 2.55. The number of hydrogen-bond acceptors (Lipinski definition) is 2. The molecule has 0 fully saturated rings. The Bertz CT molecular complexity index is 503. The summed E-state index contributed by atoms with van der Waals surface area (Å²) in [5.41, 5.74) is 0.826. The van der Waals surface area contributed by atoms with Crippen molar-refractivity contribution in [1.29, 1.82) is 0 Å². The van der Waals surface area contributed by atoms with Crippen molar-refractivity contribution >= 4 is 17.6 Å². The van der Waals surface area contributed by atoms with Gasteiger partial charge in [-0.15, -0.1) is 0 Å². The summed E-state index contributed by atoms with van der Waals surface area (Å²) in [5, 5.41) is 5.82. The summed E-state index contributed by atoms with van der Waals surface area (Å²) in [4.78, 5) is 26.7. The van der Waals surface area contributed by atoms with E-state index in [1.807, 2.05) is 51.1 Å². The van der Waals surface area contributed by atoms with Crippen LogP contribution in [0.5, 0.6) is 0 Å². The fourth-order valence-corrected chi connectivity index (χ4v) is 2.49. The van der Waals surface area contributed by atoms with Crippen LogP contribution in [0.2, 0.25) is 0 Å². The van der Waals surface area contributed by atoms with E-state index in [0.29, 0.717) is 25.4 Å². The molecule has 1 rings (SSSR count). The van der Waals surface area contributed by atoms with Gasteiger partial charge in [0.15, 0.2) is 0 Å². The van der Waals surface area contributed by atoms with Gasteiger partial charge < -0.3 is 10.6 Å². The van der Waals surface area contributed by atoms with Crippen molar-refractivity contribution in [3.8, 4) is 0 Å². The van der Waals surface area contributed by atoms with Gasteiger partial charge in [0.05, 0.1) is 0 Å². The molecular weight excluding hydrogens is 302 g/mol. The third-order valence-electron chi connectivity index (χ3n) is 3.78. The van der Waals surface area contributed by atoms with E-state index in [-0.39, 0.29) is 11.9 Å². The average molecular weight is 333 g/mol. The molecule has 0 aliphatic heterocycles. The Kier molecular flexibility index (Phi) is 8.90. The molecule has 0 aliphatic rings. The molecule has 0 radical (unpaired) electrons. The quantitative estimate of drug-likeness (QED) is 0.679. The Morgan fingerprint density at radius 1 is 1.12 bits per heavy atom. The first-order valence-electron chi connectivity index (χ1n) is 8.90. The molecule has 2 N–H and O–H groups in total. The van der Waals surface area contributed by atoms with Crippen molar-refractivity contribution in [2.45, 2.75) is 53.0 Å². The third kappa shape index (κ3) is 6.60. The van der Waals surface area contributed by atoms with Crippen molar-refractivity contribution in [2.75, 3.05) is 18.0 Å². The van der Waals surface area contributed by atoms with Crippen LogP contribution in [0.1, 0.15) is 47.0 Å². The van der Waals surface area contributed by atoms with E-state index in [4.69, 9.17) is 0 Å². The lowest BCUT2D eigenvalue weighted by Crippen LogP contribution is -2.52. The van der Waals surface area contributed by atoms with Crippen LogP contribution in [0, 0.1) is 5.92 Å². The molecule has 0 unspecified atom stereocenters. The topological polar surface area (TPSA) is 61.4 Å². The second kappa shape index (κ2) is 10.7. The Morgan fingerprint density at radius 2 is 1.79 bits per heavy atom. The highest BCUT2D eigenvalue weighted by molar-refractivity contribution is 5.95. The molecule has 0 aliphatic carbocycles. The van der Waals surface area contributed by atoms with E-state index >= 15 is 0 Å². The molecule has 1 aromatic carbocycles. The predicted octanol–water partition coefficient (Wildman–Crippen LogP) is 3.55. The van der Waals surface area contributed by atoms with Crippen LogP contribution in [0.3, 0.4) is 0 Å². The second-order valence-corrected chi connectivity index (χ2v) is 6.36. The number of carbonyl (C=O) groups excluding carboxylic acids is 2. The van der Waals surface area contributed by atoms with Gasteiger partial charge in [0, 0.05) is 18.8 Å². The van der Waals surface area contributed by atoms with Crippen molar-refractivity contribution in [3.05, 3.63) is 30.3 Å². The van der Waals surface area contributed by atoms with Crippen LogP contribution < -0.4 is 15.5 Å². The van der Waals surface area contributed by atoms with Crippen LogP contribution >= 0.6 is 0 Å². The molecule has 5 nitrogen and oxygen atoms in total. The Balaban J connectivity index is 2.76. The highest BCUT2D eigenvalue weighted by Crippen LogP contribution is 2.14. The lowest BCUT2D eigenvalue weighted by atomic mass is 10.0. The number of amides is 3. The van der Waals surface area contributed by atoms with Gasteiger partial charge in [0.25, 0.3) is 0 Å². The Labute approximate surface area is 145 Å². The fourth-order valence-electron chi connectivity index (χ4n) is 2.49. The van der Waals surface area contributed by atoms with Crippen LogP contribution in [-0.2, 0) is 4.79 Å². The molecule has 1 aromatic rings. The van der Waals surface area contributed by atoms with Crippen molar-refractivity contribution in [2.24, 2.45) is 5.92 Å². The normalized spacial score (nSPS) is 11.9. The molecule has 0 aromatic heterocycles. The fraction of sp³-hybridized carbons (Fsp3) is 0.579. The molecular formula is C19H31N3O2. The number of nitrogens with zero attached hydrogens (tertiary/aromatic N) is 1. The van der Waals surface area contributed by atoms with Gasteiger partial charge in [-0.25, -0.2) is 4.79 Å². The molecule has 1 atom stereocenters. The smallest absolute Gasteiger partial charge is 0.322 e. The molecule has 5 heteroatoms. The number of nitrogens with one attached hydrogen (secondary N) is 2. The maximum absolute atomic E-state index is 12.6. The molecule has 0 heterocycles. The molecule has 3 amide bonds. The summed E-state index contributed by atoms with van der Waals surface area (Å²) >= 11 is 0. The SMILES string of the molecule is CCCCNC(=O)[C@H](CC(C)C)NC(=O)N(CC)c1ccccc1. The van der Waals surface area contributed by atoms with E-state index in [2.05, 4.69) is 17.6 Å². The van der Waals surface area contributed by atoms with Gasteiger partial charge >= 0.3 is 6.03 Å². The predicted molar refractivity (Wildman–Crippen MR) is 99.2 cm³/mol. The van der Waals surface area contributed by atoms with Crippen LogP contribution in [0.15, 0.2) is 30.3 Å². The summed E-state index contributed by atoms with van der Waals surface area (Å²) in [6.07, 6.45) is 2.59. The summed E-state index contributed by atoms with van der Waals surface area (Å²) in [5.74, 6) is 0.216. The standard InChI is InChI=1S/C19H31N3O2/c1-5-7-13-20-18(23)17(14-15(3)4)21-19(24)22(6-2)16-11-9-8-10-12-16/h8-12,15,17H,5-7,13-14H2,1-4H3,(H,20,23)(H,21,24)/t17-/m0/s1. The number of anilines is 1. The Morgan fingerprint density at radius 3 is 2.33 bits per heavy atom. The molecule has 0 spiro atoms. The van der Waals surface area contributed by atoms with Gasteiger partial charge in [0.1, 0.15) is 6.04 Å². The molecule has 0 saturated carbocycles. The van der Waals surface area contributed by atoms with Crippen LogP contribution in [-0.4, -0.2) is 31.1 Å². The first-order chi connectivity index (χ1) is 11.5. The molecule has 24 heavy (non-hydrogen) atoms. The summed E-state index contributed by atoms with van der Waals surface area (Å²) in [6, 6.07) is 8.75. The van der Waals surface area contributed by atoms with Crippen molar-refractivity contribution < 1.29 is 9.59 Å². The van der Waals surface area contributed by atoms with Crippen molar-refractivity contribution in [3.63, 3.8) is 0 Å². The lowest BCUT2D eigenvalue weighted by molar-refractivity contribution is -0.123. The number of rotatable bonds is 9. The molecule has 0 bridgehead atoms.